The monoisotopic (exact) mass is 536 g/mol. The second-order valence-electron chi connectivity index (χ2n) is 8.83. The average Bonchev–Trinajstić information content (AvgIpc) is 3.45. The molecule has 0 saturated carbocycles. The summed E-state index contributed by atoms with van der Waals surface area (Å²) in [5.41, 5.74) is 2.80. The number of rotatable bonds is 8. The Hall–Kier alpha value is -2.47. The molecule has 0 unspecified atom stereocenters. The van der Waals surface area contributed by atoms with Gasteiger partial charge in [-0.05, 0) is 37.1 Å². The number of anilines is 3. The van der Waals surface area contributed by atoms with E-state index in [0.29, 0.717) is 0 Å². The van der Waals surface area contributed by atoms with E-state index in [4.69, 9.17) is 16.6 Å². The van der Waals surface area contributed by atoms with Crippen molar-refractivity contribution in [3.8, 4) is 0 Å². The number of halogens is 2. The first-order valence-corrected chi connectivity index (χ1v) is 14.2. The highest BCUT2D eigenvalue weighted by Gasteiger charge is 2.29. The summed E-state index contributed by atoms with van der Waals surface area (Å²) in [7, 11) is -2.25. The second kappa shape index (κ2) is 9.88. The first-order chi connectivity index (χ1) is 16.8. The molecule has 1 atom stereocenters. The van der Waals surface area contributed by atoms with Crippen molar-refractivity contribution >= 4 is 50.3 Å². The van der Waals surface area contributed by atoms with Gasteiger partial charge in [-0.1, -0.05) is 17.7 Å². The van der Waals surface area contributed by atoms with Crippen LogP contribution in [-0.2, 0) is 16.6 Å². The van der Waals surface area contributed by atoms with Gasteiger partial charge in [0.2, 0.25) is 0 Å². The normalized spacial score (nSPS) is 18.5. The van der Waals surface area contributed by atoms with Gasteiger partial charge in [-0.2, -0.15) is 0 Å². The zero-order valence-corrected chi connectivity index (χ0v) is 21.6. The summed E-state index contributed by atoms with van der Waals surface area (Å²) >= 11 is 7.56. The van der Waals surface area contributed by atoms with Gasteiger partial charge in [-0.25, -0.2) is 22.8 Å². The minimum absolute atomic E-state index is 0.0437. The number of thiazole rings is 1. The Labute approximate surface area is 213 Å². The topological polar surface area (TPSA) is 81.7 Å². The van der Waals surface area contributed by atoms with Crippen LogP contribution in [0.25, 0.3) is 0 Å². The second-order valence-corrected chi connectivity index (χ2v) is 11.6. The van der Waals surface area contributed by atoms with Crippen LogP contribution >= 0.6 is 22.9 Å². The average molecular weight is 537 g/mol. The molecular weight excluding hydrogens is 511 g/mol. The molecule has 4 heterocycles. The van der Waals surface area contributed by atoms with Crippen molar-refractivity contribution in [1.29, 1.82) is 0 Å². The van der Waals surface area contributed by atoms with E-state index in [2.05, 4.69) is 19.5 Å². The molecule has 12 heteroatoms. The third-order valence-electron chi connectivity index (χ3n) is 6.50. The molecule has 2 fully saturated rings. The lowest BCUT2D eigenvalue weighted by Crippen LogP contribution is -2.38. The van der Waals surface area contributed by atoms with E-state index in [-0.39, 0.29) is 27.5 Å². The Balaban J connectivity index is 1.26. The lowest BCUT2D eigenvalue weighted by molar-refractivity contribution is 0.321. The SMILES string of the molecule is CN(c1cc(Cl)c(S(=O)(=O)Nc2cscn2)cc1F)[C@H]1CCN(Cc2cccc(N3CCC3)n2)C1. The maximum Gasteiger partial charge on any atom is 0.264 e. The molecule has 2 saturated heterocycles. The zero-order chi connectivity index (χ0) is 24.6. The van der Waals surface area contributed by atoms with Crippen LogP contribution in [0.1, 0.15) is 18.5 Å². The van der Waals surface area contributed by atoms with Gasteiger partial charge in [0.1, 0.15) is 16.5 Å². The van der Waals surface area contributed by atoms with E-state index >= 15 is 4.39 Å². The van der Waals surface area contributed by atoms with Crippen molar-refractivity contribution in [2.24, 2.45) is 0 Å². The molecule has 0 amide bonds. The van der Waals surface area contributed by atoms with Crippen molar-refractivity contribution in [1.82, 2.24) is 14.9 Å². The van der Waals surface area contributed by atoms with Gasteiger partial charge in [-0.15, -0.1) is 11.3 Å². The van der Waals surface area contributed by atoms with E-state index in [1.54, 1.807) is 5.38 Å². The van der Waals surface area contributed by atoms with Gasteiger partial charge >= 0.3 is 0 Å². The lowest BCUT2D eigenvalue weighted by Gasteiger charge is -2.32. The van der Waals surface area contributed by atoms with Crippen LogP contribution in [0.15, 0.2) is 46.1 Å². The summed E-state index contributed by atoms with van der Waals surface area (Å²) in [6.07, 6.45) is 2.06. The number of sulfonamides is 1. The summed E-state index contributed by atoms with van der Waals surface area (Å²) in [5, 5.41) is 1.50. The van der Waals surface area contributed by atoms with Crippen molar-refractivity contribution in [2.75, 3.05) is 47.7 Å². The Morgan fingerprint density at radius 2 is 2.11 bits per heavy atom. The maximum absolute atomic E-state index is 15.1. The number of nitrogens with one attached hydrogen (secondary N) is 1. The third kappa shape index (κ3) is 5.23. The zero-order valence-electron chi connectivity index (χ0n) is 19.2. The fourth-order valence-corrected chi connectivity index (χ4v) is 6.52. The molecule has 1 N–H and O–H groups in total. The number of pyridine rings is 1. The number of nitrogens with zero attached hydrogens (tertiary/aromatic N) is 5. The largest absolute Gasteiger partial charge is 0.368 e. The quantitative estimate of drug-likeness (QED) is 0.465. The van der Waals surface area contributed by atoms with Gasteiger partial charge in [0.05, 0.1) is 21.9 Å². The van der Waals surface area contributed by atoms with Crippen LogP contribution in [0.4, 0.5) is 21.7 Å². The smallest absolute Gasteiger partial charge is 0.264 e. The fourth-order valence-electron chi connectivity index (χ4n) is 4.42. The molecule has 3 aromatic rings. The molecule has 5 rings (SSSR count). The van der Waals surface area contributed by atoms with Crippen LogP contribution in [0.3, 0.4) is 0 Å². The van der Waals surface area contributed by atoms with Crippen LogP contribution < -0.4 is 14.5 Å². The molecule has 2 aromatic heterocycles. The molecular formula is C23H26ClFN6O2S2. The minimum Gasteiger partial charge on any atom is -0.368 e. The van der Waals surface area contributed by atoms with Crippen LogP contribution in [0.2, 0.25) is 5.02 Å². The molecule has 1 aromatic carbocycles. The molecule has 35 heavy (non-hydrogen) atoms. The van der Waals surface area contributed by atoms with E-state index < -0.39 is 15.8 Å². The summed E-state index contributed by atoms with van der Waals surface area (Å²) in [6.45, 7) is 4.46. The van der Waals surface area contributed by atoms with Crippen molar-refractivity contribution < 1.29 is 12.8 Å². The van der Waals surface area contributed by atoms with E-state index in [9.17, 15) is 8.42 Å². The maximum atomic E-state index is 15.1. The molecule has 0 radical (unpaired) electrons. The molecule has 8 nitrogen and oxygen atoms in total. The number of likely N-dealkylation sites (tertiary alicyclic amines) is 1. The Kier molecular flexibility index (Phi) is 6.84. The summed E-state index contributed by atoms with van der Waals surface area (Å²) in [6, 6.07) is 8.56. The number of likely N-dealkylation sites (N-methyl/N-ethyl adjacent to an activating group) is 1. The first-order valence-electron chi connectivity index (χ1n) is 11.4. The number of hydrogen-bond acceptors (Lipinski definition) is 8. The lowest BCUT2D eigenvalue weighted by atomic mass is 10.2. The Morgan fingerprint density at radius 1 is 1.29 bits per heavy atom. The van der Waals surface area contributed by atoms with Crippen molar-refractivity contribution in [3.05, 3.63) is 57.8 Å². The molecule has 0 spiro atoms. The highest BCUT2D eigenvalue weighted by atomic mass is 35.5. The number of benzene rings is 1. The van der Waals surface area contributed by atoms with E-state index in [1.165, 1.54) is 29.3 Å². The van der Waals surface area contributed by atoms with Crippen molar-refractivity contribution in [2.45, 2.75) is 30.3 Å². The number of aromatic nitrogens is 2. The van der Waals surface area contributed by atoms with Gasteiger partial charge in [-0.3, -0.25) is 9.62 Å². The van der Waals surface area contributed by atoms with Crippen LogP contribution in [0.5, 0.6) is 0 Å². The van der Waals surface area contributed by atoms with Gasteiger partial charge < -0.3 is 9.80 Å². The van der Waals surface area contributed by atoms with Crippen LogP contribution in [0, 0.1) is 5.82 Å². The fraction of sp³-hybridized carbons (Fsp3) is 0.391. The number of hydrogen-bond donors (Lipinski definition) is 1. The summed E-state index contributed by atoms with van der Waals surface area (Å²) < 4.78 is 42.8. The Morgan fingerprint density at radius 3 is 2.83 bits per heavy atom. The molecule has 0 aliphatic carbocycles. The molecule has 2 aliphatic heterocycles. The molecule has 2 aliphatic rings. The van der Waals surface area contributed by atoms with E-state index in [1.807, 2.05) is 30.1 Å². The van der Waals surface area contributed by atoms with Gasteiger partial charge in [0.15, 0.2) is 5.82 Å². The van der Waals surface area contributed by atoms with Gasteiger partial charge in [0, 0.05) is 51.2 Å². The predicted molar refractivity (Wildman–Crippen MR) is 137 cm³/mol. The minimum atomic E-state index is -4.06. The summed E-state index contributed by atoms with van der Waals surface area (Å²) in [4.78, 5) is 14.8. The highest BCUT2D eigenvalue weighted by Crippen LogP contribution is 2.33. The highest BCUT2D eigenvalue weighted by molar-refractivity contribution is 7.92. The van der Waals surface area contributed by atoms with E-state index in [0.717, 1.165) is 56.7 Å². The predicted octanol–water partition coefficient (Wildman–Crippen LogP) is 4.05. The van der Waals surface area contributed by atoms with Gasteiger partial charge in [0.25, 0.3) is 10.0 Å². The molecule has 186 valence electrons. The first kappa shape index (κ1) is 24.2. The standard InChI is InChI=1S/C23H26ClFN6O2S2/c1-29(17-6-9-30(13-17)12-16-4-2-5-23(27-16)31-7-3-8-31)20-10-18(24)21(11-19(20)25)35(32,33)28-22-14-34-15-26-22/h2,4-5,10-11,14-15,17,28H,3,6-9,12-13H2,1H3/t17-/m0/s1. The van der Waals surface area contributed by atoms with Crippen LogP contribution in [-0.4, -0.2) is 62.6 Å². The molecule has 0 bridgehead atoms. The Bertz CT molecular complexity index is 1300. The third-order valence-corrected chi connectivity index (χ3v) is 8.90. The van der Waals surface area contributed by atoms with Crippen molar-refractivity contribution in [3.63, 3.8) is 0 Å². The summed E-state index contributed by atoms with van der Waals surface area (Å²) in [5.74, 6) is 0.555.